The van der Waals surface area contributed by atoms with Crippen molar-refractivity contribution in [1.82, 2.24) is 0 Å². The highest BCUT2D eigenvalue weighted by Crippen LogP contribution is 2.22. The van der Waals surface area contributed by atoms with Crippen LogP contribution in [0, 0.1) is 5.21 Å². The highest BCUT2D eigenvalue weighted by Gasteiger charge is 2.08. The maximum absolute atomic E-state index is 11.1. The average molecular weight is 215 g/mol. The Bertz CT molecular complexity index is 497. The molecule has 16 heavy (non-hydrogen) atoms. The first-order chi connectivity index (χ1) is 7.79. The molecule has 0 amide bonds. The number of pyridine rings is 1. The first-order valence-corrected chi connectivity index (χ1v) is 4.70. The Morgan fingerprint density at radius 3 is 2.62 bits per heavy atom. The molecule has 4 heteroatoms. The van der Waals surface area contributed by atoms with E-state index in [0.717, 1.165) is 0 Å². The zero-order chi connectivity index (χ0) is 11.4. The van der Waals surface area contributed by atoms with Crippen LogP contribution in [-0.2, 0) is 0 Å². The molecule has 0 atom stereocenters. The van der Waals surface area contributed by atoms with Crippen molar-refractivity contribution in [3.63, 3.8) is 0 Å². The second kappa shape index (κ2) is 4.44. The summed E-state index contributed by atoms with van der Waals surface area (Å²) >= 11 is 0. The minimum absolute atomic E-state index is 0.249. The molecule has 4 nitrogen and oxygen atoms in total. The number of para-hydroxylation sites is 1. The summed E-state index contributed by atoms with van der Waals surface area (Å²) in [6.07, 6.45) is 3.12. The molecule has 0 aliphatic carbocycles. The second-order valence-electron chi connectivity index (χ2n) is 3.16. The van der Waals surface area contributed by atoms with Crippen LogP contribution in [0.2, 0.25) is 0 Å². The van der Waals surface area contributed by atoms with E-state index < -0.39 is 0 Å². The smallest absolute Gasteiger partial charge is 0.223 e. The summed E-state index contributed by atoms with van der Waals surface area (Å²) in [5, 5.41) is 11.1. The predicted octanol–water partition coefficient (Wildman–Crippen LogP) is 1.92. The van der Waals surface area contributed by atoms with Crippen LogP contribution >= 0.6 is 0 Å². The lowest BCUT2D eigenvalue weighted by atomic mass is 10.2. The fraction of sp³-hybridized carbons (Fsp3) is 0. The van der Waals surface area contributed by atoms with Gasteiger partial charge in [-0.2, -0.15) is 4.73 Å². The van der Waals surface area contributed by atoms with E-state index in [-0.39, 0.29) is 5.75 Å². The third kappa shape index (κ3) is 2.17. The van der Waals surface area contributed by atoms with Gasteiger partial charge in [0.1, 0.15) is 5.75 Å². The molecule has 2 aromatic rings. The van der Waals surface area contributed by atoms with Crippen molar-refractivity contribution >= 4 is 6.29 Å². The summed E-state index contributed by atoms with van der Waals surface area (Å²) in [6.45, 7) is 0. The van der Waals surface area contributed by atoms with Crippen molar-refractivity contribution in [2.75, 3.05) is 0 Å². The molecule has 0 radical (unpaired) electrons. The van der Waals surface area contributed by atoms with Crippen molar-refractivity contribution in [2.45, 2.75) is 0 Å². The lowest BCUT2D eigenvalue weighted by Gasteiger charge is -2.06. The molecule has 0 aliphatic heterocycles. The number of aldehydes is 1. The van der Waals surface area contributed by atoms with Crippen molar-refractivity contribution in [2.24, 2.45) is 0 Å². The largest absolute Gasteiger partial charge is 0.619 e. The van der Waals surface area contributed by atoms with Gasteiger partial charge in [-0.05, 0) is 12.1 Å². The zero-order valence-electron chi connectivity index (χ0n) is 8.37. The predicted molar refractivity (Wildman–Crippen MR) is 57.3 cm³/mol. The standard InChI is InChI=1S/C12H9NO3/c14-9-10-6-7-13(15)8-12(10)16-11-4-2-1-3-5-11/h1-9H. The van der Waals surface area contributed by atoms with E-state index in [1.807, 2.05) is 18.2 Å². The SMILES string of the molecule is O=Cc1cc[n+]([O-])cc1Oc1ccccc1. The van der Waals surface area contributed by atoms with E-state index in [0.29, 0.717) is 22.3 Å². The first kappa shape index (κ1) is 10.2. The van der Waals surface area contributed by atoms with Gasteiger partial charge in [0.25, 0.3) is 0 Å². The van der Waals surface area contributed by atoms with E-state index in [4.69, 9.17) is 4.74 Å². The average Bonchev–Trinajstić information content (AvgIpc) is 2.31. The van der Waals surface area contributed by atoms with Gasteiger partial charge in [-0.1, -0.05) is 18.2 Å². The molecule has 1 aromatic heterocycles. The van der Waals surface area contributed by atoms with Crippen molar-refractivity contribution in [1.29, 1.82) is 0 Å². The van der Waals surface area contributed by atoms with Crippen LogP contribution in [0.4, 0.5) is 0 Å². The summed E-state index contributed by atoms with van der Waals surface area (Å²) in [4.78, 5) is 10.7. The van der Waals surface area contributed by atoms with E-state index in [2.05, 4.69) is 0 Å². The monoisotopic (exact) mass is 215 g/mol. The number of carbonyl (C=O) groups is 1. The van der Waals surface area contributed by atoms with Crippen molar-refractivity contribution < 1.29 is 14.3 Å². The topological polar surface area (TPSA) is 53.2 Å². The summed E-state index contributed by atoms with van der Waals surface area (Å²) in [5.74, 6) is 0.829. The molecule has 0 fully saturated rings. The Balaban J connectivity index is 2.33. The Labute approximate surface area is 92.3 Å². The zero-order valence-corrected chi connectivity index (χ0v) is 8.37. The van der Waals surface area contributed by atoms with Crippen LogP contribution < -0.4 is 9.47 Å². The highest BCUT2D eigenvalue weighted by atomic mass is 16.5. The molecule has 0 saturated carbocycles. The molecule has 0 spiro atoms. The molecular formula is C12H9NO3. The normalized spacial score (nSPS) is 9.75. The van der Waals surface area contributed by atoms with E-state index in [1.54, 1.807) is 12.1 Å². The van der Waals surface area contributed by atoms with E-state index in [1.165, 1.54) is 18.5 Å². The maximum atomic E-state index is 11.1. The van der Waals surface area contributed by atoms with E-state index >= 15 is 0 Å². The summed E-state index contributed by atoms with van der Waals surface area (Å²) in [6, 6.07) is 10.4. The number of nitrogens with zero attached hydrogens (tertiary/aromatic N) is 1. The minimum atomic E-state index is 0.249. The lowest BCUT2D eigenvalue weighted by molar-refractivity contribution is -0.605. The van der Waals surface area contributed by atoms with Crippen LogP contribution in [0.3, 0.4) is 0 Å². The molecule has 0 N–H and O–H groups in total. The van der Waals surface area contributed by atoms with E-state index in [9.17, 15) is 10.0 Å². The van der Waals surface area contributed by atoms with Crippen LogP contribution in [0.25, 0.3) is 0 Å². The van der Waals surface area contributed by atoms with Gasteiger partial charge in [0.2, 0.25) is 11.9 Å². The molecule has 0 aliphatic rings. The van der Waals surface area contributed by atoms with Crippen molar-refractivity contribution in [3.05, 3.63) is 59.6 Å². The first-order valence-electron chi connectivity index (χ1n) is 4.70. The minimum Gasteiger partial charge on any atom is -0.619 e. The number of ether oxygens (including phenoxy) is 1. The summed E-state index contributed by atoms with van der Waals surface area (Å²) < 4.78 is 6.02. The molecule has 0 unspecified atom stereocenters. The molecule has 0 saturated heterocycles. The Hall–Kier alpha value is -2.36. The van der Waals surface area contributed by atoms with Gasteiger partial charge in [0.05, 0.1) is 5.56 Å². The van der Waals surface area contributed by atoms with Gasteiger partial charge < -0.3 is 9.94 Å². The summed E-state index contributed by atoms with van der Waals surface area (Å²) in [7, 11) is 0. The maximum Gasteiger partial charge on any atom is 0.223 e. The second-order valence-corrected chi connectivity index (χ2v) is 3.16. The van der Waals surface area contributed by atoms with Crippen LogP contribution in [0.1, 0.15) is 10.4 Å². The molecule has 2 rings (SSSR count). The number of aromatic nitrogens is 1. The van der Waals surface area contributed by atoms with Crippen molar-refractivity contribution in [3.8, 4) is 11.5 Å². The van der Waals surface area contributed by atoms with Gasteiger partial charge in [-0.15, -0.1) is 0 Å². The van der Waals surface area contributed by atoms with Gasteiger partial charge in [0.15, 0.2) is 12.5 Å². The molecule has 1 heterocycles. The number of rotatable bonds is 3. The molecule has 0 bridgehead atoms. The number of hydrogen-bond acceptors (Lipinski definition) is 3. The number of carbonyl (C=O) groups excluding carboxylic acids is 1. The Morgan fingerprint density at radius 1 is 1.19 bits per heavy atom. The molecule has 80 valence electrons. The highest BCUT2D eigenvalue weighted by molar-refractivity contribution is 5.78. The number of benzene rings is 1. The number of hydrogen-bond donors (Lipinski definition) is 0. The Morgan fingerprint density at radius 2 is 1.94 bits per heavy atom. The third-order valence-corrected chi connectivity index (χ3v) is 2.03. The molecule has 1 aromatic carbocycles. The van der Waals surface area contributed by atoms with Gasteiger partial charge >= 0.3 is 0 Å². The van der Waals surface area contributed by atoms with Gasteiger partial charge in [0, 0.05) is 6.07 Å². The van der Waals surface area contributed by atoms with Gasteiger partial charge in [-0.3, -0.25) is 4.79 Å². The summed E-state index contributed by atoms with van der Waals surface area (Å²) in [5.41, 5.74) is 0.343. The van der Waals surface area contributed by atoms with Crippen LogP contribution in [0.15, 0.2) is 48.8 Å². The van der Waals surface area contributed by atoms with Gasteiger partial charge in [-0.25, -0.2) is 0 Å². The van der Waals surface area contributed by atoms with Crippen LogP contribution in [0.5, 0.6) is 11.5 Å². The lowest BCUT2D eigenvalue weighted by Crippen LogP contribution is -2.24. The fourth-order valence-corrected chi connectivity index (χ4v) is 1.27. The quantitative estimate of drug-likeness (QED) is 0.446. The molecular weight excluding hydrogens is 206 g/mol. The Kier molecular flexibility index (Phi) is 2.82. The third-order valence-electron chi connectivity index (χ3n) is 2.03. The fourth-order valence-electron chi connectivity index (χ4n) is 1.27. The van der Waals surface area contributed by atoms with Crippen LogP contribution in [-0.4, -0.2) is 6.29 Å².